The van der Waals surface area contributed by atoms with Gasteiger partial charge in [-0.25, -0.2) is 0 Å². The molecule has 1 amide bonds. The van der Waals surface area contributed by atoms with Crippen LogP contribution in [0.25, 0.3) is 0 Å². The Balaban J connectivity index is 1.59. The van der Waals surface area contributed by atoms with Gasteiger partial charge in [-0.05, 0) is 64.7 Å². The highest BCUT2D eigenvalue weighted by atomic mass is 16.2. The number of carbonyl (C=O) groups is 1. The number of amides is 1. The minimum absolute atomic E-state index is 0.217. The molecule has 0 aromatic heterocycles. The van der Waals surface area contributed by atoms with Gasteiger partial charge in [-0.2, -0.15) is 0 Å². The summed E-state index contributed by atoms with van der Waals surface area (Å²) in [7, 11) is 2.08. The van der Waals surface area contributed by atoms with E-state index in [0.29, 0.717) is 12.6 Å². The fourth-order valence-electron chi connectivity index (χ4n) is 3.59. The van der Waals surface area contributed by atoms with E-state index in [1.165, 1.54) is 57.8 Å². The molecule has 0 unspecified atom stereocenters. The largest absolute Gasteiger partial charge is 0.352 e. The average molecular weight is 295 g/mol. The maximum Gasteiger partial charge on any atom is 0.234 e. The minimum atomic E-state index is 0.217. The van der Waals surface area contributed by atoms with Crippen molar-refractivity contribution in [2.24, 2.45) is 5.92 Å². The first-order chi connectivity index (χ1) is 10.2. The van der Waals surface area contributed by atoms with Crippen LogP contribution in [0.4, 0.5) is 0 Å². The highest BCUT2D eigenvalue weighted by Gasteiger charge is 2.17. The van der Waals surface area contributed by atoms with Crippen molar-refractivity contribution in [2.45, 2.75) is 63.8 Å². The summed E-state index contributed by atoms with van der Waals surface area (Å²) in [5, 5.41) is 6.64. The summed E-state index contributed by atoms with van der Waals surface area (Å²) in [6.45, 7) is 3.93. The fourth-order valence-corrected chi connectivity index (χ4v) is 3.59. The summed E-state index contributed by atoms with van der Waals surface area (Å²) in [6, 6.07) is 0.429. The number of likely N-dealkylation sites (N-methyl/N-ethyl adjacent to an activating group) is 1. The molecule has 2 aliphatic rings. The van der Waals surface area contributed by atoms with Crippen LogP contribution in [0.3, 0.4) is 0 Å². The van der Waals surface area contributed by atoms with Gasteiger partial charge in [-0.15, -0.1) is 0 Å². The maximum absolute atomic E-state index is 12.1. The number of nitrogens with zero attached hydrogens (tertiary/aromatic N) is 1. The molecule has 122 valence electrons. The molecule has 2 N–H and O–H groups in total. The van der Waals surface area contributed by atoms with E-state index >= 15 is 0 Å². The lowest BCUT2D eigenvalue weighted by Crippen LogP contribution is -2.41. The van der Waals surface area contributed by atoms with Gasteiger partial charge >= 0.3 is 0 Å². The Morgan fingerprint density at radius 3 is 2.43 bits per heavy atom. The smallest absolute Gasteiger partial charge is 0.234 e. The number of carbonyl (C=O) groups excluding carboxylic acids is 1. The summed E-state index contributed by atoms with van der Waals surface area (Å²) in [5.74, 6) is 1.06. The van der Waals surface area contributed by atoms with Crippen molar-refractivity contribution < 1.29 is 4.79 Å². The van der Waals surface area contributed by atoms with Crippen molar-refractivity contribution in [2.75, 3.05) is 33.2 Å². The van der Waals surface area contributed by atoms with Crippen LogP contribution in [0.2, 0.25) is 0 Å². The topological polar surface area (TPSA) is 44.4 Å². The highest BCUT2D eigenvalue weighted by molar-refractivity contribution is 5.78. The van der Waals surface area contributed by atoms with Crippen LogP contribution in [-0.4, -0.2) is 50.1 Å². The van der Waals surface area contributed by atoms with E-state index in [1.807, 2.05) is 0 Å². The van der Waals surface area contributed by atoms with Gasteiger partial charge < -0.3 is 10.6 Å². The van der Waals surface area contributed by atoms with Gasteiger partial charge in [-0.1, -0.05) is 25.7 Å². The summed E-state index contributed by atoms with van der Waals surface area (Å²) in [5.41, 5.74) is 0. The van der Waals surface area contributed by atoms with Crippen molar-refractivity contribution in [1.82, 2.24) is 15.5 Å². The summed E-state index contributed by atoms with van der Waals surface area (Å²) >= 11 is 0. The summed E-state index contributed by atoms with van der Waals surface area (Å²) in [6.07, 6.45) is 11.4. The summed E-state index contributed by atoms with van der Waals surface area (Å²) < 4.78 is 0. The molecule has 1 aliphatic heterocycles. The molecule has 1 saturated heterocycles. The molecule has 1 aliphatic carbocycles. The van der Waals surface area contributed by atoms with E-state index in [4.69, 9.17) is 0 Å². The Morgan fingerprint density at radius 1 is 1.10 bits per heavy atom. The van der Waals surface area contributed by atoms with Crippen LogP contribution in [0.5, 0.6) is 0 Å². The van der Waals surface area contributed by atoms with Crippen LogP contribution in [-0.2, 0) is 4.79 Å². The molecule has 0 radical (unpaired) electrons. The summed E-state index contributed by atoms with van der Waals surface area (Å²) in [4.78, 5) is 14.3. The van der Waals surface area contributed by atoms with Crippen LogP contribution in [0.15, 0.2) is 0 Å². The zero-order valence-electron chi connectivity index (χ0n) is 13.7. The zero-order valence-corrected chi connectivity index (χ0v) is 13.7. The first kappa shape index (κ1) is 16.8. The Kier molecular flexibility index (Phi) is 7.51. The SMILES string of the molecule is CN(CCC1CCNCC1)CC(=O)NC1CCCCCC1. The number of nitrogens with one attached hydrogen (secondary N) is 2. The second-order valence-electron chi connectivity index (χ2n) is 6.98. The van der Waals surface area contributed by atoms with E-state index in [9.17, 15) is 4.79 Å². The lowest BCUT2D eigenvalue weighted by molar-refractivity contribution is -0.122. The molecule has 0 aromatic rings. The molecule has 1 heterocycles. The quantitative estimate of drug-likeness (QED) is 0.738. The predicted molar refractivity (Wildman–Crippen MR) is 87.3 cm³/mol. The lowest BCUT2D eigenvalue weighted by Gasteiger charge is -2.25. The molecule has 0 spiro atoms. The van der Waals surface area contributed by atoms with Crippen LogP contribution in [0.1, 0.15) is 57.8 Å². The minimum Gasteiger partial charge on any atom is -0.352 e. The molecule has 0 bridgehead atoms. The first-order valence-corrected chi connectivity index (χ1v) is 8.92. The molecular formula is C17H33N3O. The zero-order chi connectivity index (χ0) is 14.9. The molecule has 1 saturated carbocycles. The van der Waals surface area contributed by atoms with E-state index in [0.717, 1.165) is 25.6 Å². The van der Waals surface area contributed by atoms with Gasteiger partial charge in [0, 0.05) is 6.04 Å². The van der Waals surface area contributed by atoms with Crippen molar-refractivity contribution in [1.29, 1.82) is 0 Å². The number of hydrogen-bond donors (Lipinski definition) is 2. The van der Waals surface area contributed by atoms with Gasteiger partial charge in [0.1, 0.15) is 0 Å². The molecule has 4 nitrogen and oxygen atoms in total. The molecule has 0 aromatic carbocycles. The highest BCUT2D eigenvalue weighted by Crippen LogP contribution is 2.17. The first-order valence-electron chi connectivity index (χ1n) is 8.92. The van der Waals surface area contributed by atoms with E-state index in [2.05, 4.69) is 22.6 Å². The Bertz CT molecular complexity index is 294. The number of piperidine rings is 1. The molecule has 21 heavy (non-hydrogen) atoms. The Hall–Kier alpha value is -0.610. The van der Waals surface area contributed by atoms with Gasteiger partial charge in [0.15, 0.2) is 0 Å². The maximum atomic E-state index is 12.1. The second-order valence-corrected chi connectivity index (χ2v) is 6.98. The van der Waals surface area contributed by atoms with Gasteiger partial charge in [0.05, 0.1) is 6.54 Å². The van der Waals surface area contributed by atoms with Crippen molar-refractivity contribution >= 4 is 5.91 Å². The number of rotatable bonds is 6. The third-order valence-corrected chi connectivity index (χ3v) is 5.01. The fraction of sp³-hybridized carbons (Fsp3) is 0.941. The number of hydrogen-bond acceptors (Lipinski definition) is 3. The van der Waals surface area contributed by atoms with Crippen LogP contribution < -0.4 is 10.6 Å². The van der Waals surface area contributed by atoms with Crippen LogP contribution >= 0.6 is 0 Å². The monoisotopic (exact) mass is 295 g/mol. The van der Waals surface area contributed by atoms with Gasteiger partial charge in [-0.3, -0.25) is 9.69 Å². The van der Waals surface area contributed by atoms with E-state index in [1.54, 1.807) is 0 Å². The molecule has 2 rings (SSSR count). The van der Waals surface area contributed by atoms with Gasteiger partial charge in [0.2, 0.25) is 5.91 Å². The van der Waals surface area contributed by atoms with Gasteiger partial charge in [0.25, 0.3) is 0 Å². The predicted octanol–water partition coefficient (Wildman–Crippen LogP) is 2.15. The second kappa shape index (κ2) is 9.42. The van der Waals surface area contributed by atoms with E-state index < -0.39 is 0 Å². The Morgan fingerprint density at radius 2 is 1.76 bits per heavy atom. The lowest BCUT2D eigenvalue weighted by atomic mass is 9.94. The van der Waals surface area contributed by atoms with Crippen molar-refractivity contribution in [3.8, 4) is 0 Å². The average Bonchev–Trinajstić information content (AvgIpc) is 2.75. The van der Waals surface area contributed by atoms with Crippen molar-refractivity contribution in [3.63, 3.8) is 0 Å². The molecule has 4 heteroatoms. The standard InChI is InChI=1S/C17H33N3O/c1-20(13-10-15-8-11-18-12-9-15)14-17(21)19-16-6-4-2-3-5-7-16/h15-16,18H,2-14H2,1H3,(H,19,21). The van der Waals surface area contributed by atoms with Crippen molar-refractivity contribution in [3.05, 3.63) is 0 Å². The Labute approximate surface area is 130 Å². The molecule has 2 fully saturated rings. The molecular weight excluding hydrogens is 262 g/mol. The third kappa shape index (κ3) is 6.79. The van der Waals surface area contributed by atoms with Crippen LogP contribution in [0, 0.1) is 5.92 Å². The third-order valence-electron chi connectivity index (χ3n) is 5.01. The molecule has 0 atom stereocenters. The normalized spacial score (nSPS) is 22.2. The van der Waals surface area contributed by atoms with E-state index in [-0.39, 0.29) is 5.91 Å².